The van der Waals surface area contributed by atoms with E-state index in [-0.39, 0.29) is 5.69 Å². The molecule has 0 saturated heterocycles. The van der Waals surface area contributed by atoms with E-state index in [1.807, 2.05) is 0 Å². The summed E-state index contributed by atoms with van der Waals surface area (Å²) < 4.78 is 69.4. The molecule has 1 heterocycles. The van der Waals surface area contributed by atoms with Gasteiger partial charge in [0.15, 0.2) is 0 Å². The van der Waals surface area contributed by atoms with Crippen LogP contribution in [0.3, 0.4) is 0 Å². The summed E-state index contributed by atoms with van der Waals surface area (Å²) in [6.07, 6.45) is -2.04. The quantitative estimate of drug-likeness (QED) is 0.818. The molecule has 0 fully saturated rings. The van der Waals surface area contributed by atoms with Gasteiger partial charge in [0.2, 0.25) is 5.88 Å². The first-order chi connectivity index (χ1) is 10.5. The third kappa shape index (κ3) is 1.48. The minimum absolute atomic E-state index is 0.369. The van der Waals surface area contributed by atoms with Gasteiger partial charge in [0.1, 0.15) is 0 Å². The van der Waals surface area contributed by atoms with Crippen LogP contribution < -0.4 is 0 Å². The van der Waals surface area contributed by atoms with Crippen molar-refractivity contribution in [2.75, 3.05) is 0 Å². The average Bonchev–Trinajstić information content (AvgIpc) is 2.80. The highest BCUT2D eigenvalue weighted by Gasteiger charge is 2.05. The Morgan fingerprint density at radius 3 is 3.00 bits per heavy atom. The molecule has 2 rings (SSSR count). The molecule has 0 radical (unpaired) electrons. The molecule has 0 aliphatic carbocycles. The van der Waals surface area contributed by atoms with E-state index in [4.69, 9.17) is 12.4 Å². The number of hydrogen-bond acceptors (Lipinski definition) is 2. The monoisotopic (exact) mass is 197 g/mol. The average molecular weight is 197 g/mol. The maximum Gasteiger partial charge on any atom is 0.295 e. The van der Waals surface area contributed by atoms with Gasteiger partial charge in [0, 0.05) is 8.78 Å². The van der Waals surface area contributed by atoms with Crippen molar-refractivity contribution < 1.29 is 16.1 Å². The molecule has 14 heavy (non-hydrogen) atoms. The summed E-state index contributed by atoms with van der Waals surface area (Å²) in [6, 6.07) is -3.54. The Balaban J connectivity index is 2.89. The van der Waals surface area contributed by atoms with Gasteiger partial charge in [-0.2, -0.15) is 5.10 Å². The number of aryl methyl sites for hydroxylation is 1. The van der Waals surface area contributed by atoms with E-state index in [2.05, 4.69) is 10.2 Å². The predicted octanol–water partition coefficient (Wildman–Crippen LogP) is 2.14. The first-order valence-electron chi connectivity index (χ1n) is 8.23. The van der Waals surface area contributed by atoms with Crippen molar-refractivity contribution in [2.45, 2.75) is 13.3 Å². The van der Waals surface area contributed by atoms with Crippen LogP contribution in [0.15, 0.2) is 36.3 Å². The zero-order valence-electron chi connectivity index (χ0n) is 16.3. The lowest BCUT2D eigenvalue weighted by Crippen LogP contribution is -1.95. The molecule has 0 aliphatic heterocycles. The Morgan fingerprint density at radius 2 is 2.36 bits per heavy atom. The number of benzene rings is 1. The minimum atomic E-state index is -2.04. The molecule has 0 atom stereocenters. The highest BCUT2D eigenvalue weighted by Crippen LogP contribution is 2.17. The largest absolute Gasteiger partial charge is 0.493 e. The summed E-state index contributed by atoms with van der Waals surface area (Å²) in [6.45, 7) is 1.15. The van der Waals surface area contributed by atoms with Crippen LogP contribution >= 0.6 is 0 Å². The van der Waals surface area contributed by atoms with E-state index in [0.717, 1.165) is 6.92 Å². The molecule has 0 unspecified atom stereocenters. The molecular formula is C11H12N2O. The van der Waals surface area contributed by atoms with E-state index in [9.17, 15) is 0 Å². The van der Waals surface area contributed by atoms with Crippen LogP contribution in [0.5, 0.6) is 5.88 Å². The summed E-state index contributed by atoms with van der Waals surface area (Å²) in [4.78, 5) is 0. The van der Waals surface area contributed by atoms with Crippen LogP contribution in [0.4, 0.5) is 0 Å². The van der Waals surface area contributed by atoms with Gasteiger partial charge >= 0.3 is 0 Å². The molecule has 3 heteroatoms. The van der Waals surface area contributed by atoms with Crippen LogP contribution in [0.25, 0.3) is 5.69 Å². The summed E-state index contributed by atoms with van der Waals surface area (Å²) in [5, 5.41) is 8.08. The molecule has 0 saturated carbocycles. The second-order valence-corrected chi connectivity index (χ2v) is 2.41. The number of nitrogens with zero attached hydrogens (tertiary/aromatic N) is 2. The second kappa shape index (κ2) is 3.54. The van der Waals surface area contributed by atoms with Crippen molar-refractivity contribution in [1.29, 1.82) is 1.43 Å². The van der Waals surface area contributed by atoms with Gasteiger partial charge in [-0.15, -0.1) is 0 Å². The second-order valence-electron chi connectivity index (χ2n) is 2.41. The van der Waals surface area contributed by atoms with Crippen molar-refractivity contribution in [3.63, 3.8) is 0 Å². The maximum absolute atomic E-state index is 7.88. The lowest BCUT2D eigenvalue weighted by Gasteiger charge is -2.01. The standard InChI is InChI=1S/C11H12N2O/c1-2-9-8-11(14)13(12-9)10-6-4-3-5-7-10/h3-8,14H,2H2,1H3/i2D2,3D,4D,5D,6D,7D,8D/hD. The zero-order chi connectivity index (χ0) is 17.7. The van der Waals surface area contributed by atoms with Gasteiger partial charge in [-0.3, -0.25) is 0 Å². The molecule has 1 aromatic heterocycles. The SMILES string of the molecule is [2H]Oc1c([2H])c(C([2H])([2H])C)nn1-c1c([2H])c([2H])c([2H])c([2H])c1[2H]. The Labute approximate surface area is 95.4 Å². The Morgan fingerprint density at radius 1 is 1.57 bits per heavy atom. The number of aromatic nitrogens is 2. The first-order valence-corrected chi connectivity index (χ1v) is 3.82. The van der Waals surface area contributed by atoms with Gasteiger partial charge in [0.05, 0.1) is 19.6 Å². The molecular weight excluding hydrogens is 176 g/mol. The zero-order valence-corrected chi connectivity index (χ0v) is 7.30. The molecule has 72 valence electrons. The van der Waals surface area contributed by atoms with Gasteiger partial charge in [0.25, 0.3) is 1.43 Å². The Kier molecular flexibility index (Phi) is 0.788. The normalized spacial score (nSPS) is 20.2. The van der Waals surface area contributed by atoms with Crippen molar-refractivity contribution >= 4 is 0 Å². The molecule has 3 nitrogen and oxygen atoms in total. The lowest BCUT2D eigenvalue weighted by atomic mass is 10.3. The summed E-state index contributed by atoms with van der Waals surface area (Å²) in [5.74, 6) is -0.538. The summed E-state index contributed by atoms with van der Waals surface area (Å²) >= 11 is 0. The van der Waals surface area contributed by atoms with Gasteiger partial charge in [-0.1, -0.05) is 25.1 Å². The van der Waals surface area contributed by atoms with E-state index in [1.54, 1.807) is 0 Å². The molecule has 0 aliphatic rings. The minimum Gasteiger partial charge on any atom is -0.493 e. The highest BCUT2D eigenvalue weighted by molar-refractivity contribution is 5.35. The summed E-state index contributed by atoms with van der Waals surface area (Å²) in [5.41, 5.74) is -0.784. The van der Waals surface area contributed by atoms with Crippen LogP contribution in [0, 0.1) is 0 Å². The van der Waals surface area contributed by atoms with Crippen LogP contribution in [0.2, 0.25) is 0 Å². The van der Waals surface area contributed by atoms with E-state index >= 15 is 0 Å². The maximum atomic E-state index is 7.88. The third-order valence-corrected chi connectivity index (χ3v) is 1.55. The molecule has 1 aromatic carbocycles. The van der Waals surface area contributed by atoms with Gasteiger partial charge in [-0.05, 0) is 18.5 Å². The molecule has 2 aromatic rings. The van der Waals surface area contributed by atoms with Crippen LogP contribution in [0.1, 0.15) is 23.6 Å². The van der Waals surface area contributed by atoms with Crippen LogP contribution in [-0.2, 0) is 6.37 Å². The lowest BCUT2D eigenvalue weighted by molar-refractivity contribution is 0.433. The Hall–Kier alpha value is -1.77. The fraction of sp³-hybridized carbons (Fsp3) is 0.182. The topological polar surface area (TPSA) is 38.1 Å². The van der Waals surface area contributed by atoms with E-state index in [1.165, 1.54) is 0 Å². The summed E-state index contributed by atoms with van der Waals surface area (Å²) in [7, 11) is 0. The smallest absolute Gasteiger partial charge is 0.295 e. The fourth-order valence-electron chi connectivity index (χ4n) is 0.938. The number of para-hydroxylation sites is 1. The number of aromatic hydroxyl groups is 1. The first kappa shape index (κ1) is 3.12. The van der Waals surface area contributed by atoms with E-state index < -0.39 is 54.2 Å². The van der Waals surface area contributed by atoms with Crippen LogP contribution in [-0.4, -0.2) is 16.3 Å². The van der Waals surface area contributed by atoms with Gasteiger partial charge < -0.3 is 5.11 Å². The Bertz CT molecular complexity index is 752. The van der Waals surface area contributed by atoms with Crippen molar-refractivity contribution in [3.8, 4) is 11.6 Å². The highest BCUT2D eigenvalue weighted by atomic mass is 16.3. The predicted molar refractivity (Wildman–Crippen MR) is 54.6 cm³/mol. The van der Waals surface area contributed by atoms with E-state index in [0.29, 0.717) is 4.68 Å². The molecule has 0 spiro atoms. The van der Waals surface area contributed by atoms with Crippen molar-refractivity contribution in [2.24, 2.45) is 0 Å². The molecule has 0 amide bonds. The third-order valence-electron chi connectivity index (χ3n) is 1.55. The number of rotatable bonds is 3. The molecule has 0 bridgehead atoms. The fourth-order valence-corrected chi connectivity index (χ4v) is 0.938. The van der Waals surface area contributed by atoms with Crippen molar-refractivity contribution in [1.82, 2.24) is 9.78 Å². The molecule has 1 N–H and O–H groups in total. The number of hydrogen-bond donors (Lipinski definition) is 1. The van der Waals surface area contributed by atoms with Crippen molar-refractivity contribution in [3.05, 3.63) is 41.9 Å². The van der Waals surface area contributed by atoms with Gasteiger partial charge in [-0.25, -0.2) is 4.68 Å².